The van der Waals surface area contributed by atoms with E-state index in [-0.39, 0.29) is 37.6 Å². The minimum Gasteiger partial charge on any atom is -0.459 e. The number of alkyl halides is 2. The van der Waals surface area contributed by atoms with Crippen molar-refractivity contribution in [2.24, 2.45) is 0 Å². The lowest BCUT2D eigenvalue weighted by atomic mass is 10.1. The molecular weight excluding hydrogens is 492 g/mol. The van der Waals surface area contributed by atoms with Crippen molar-refractivity contribution in [1.29, 1.82) is 0 Å². The highest BCUT2D eigenvalue weighted by Gasteiger charge is 2.29. The summed E-state index contributed by atoms with van der Waals surface area (Å²) in [5.74, 6) is -3.16. The number of halogens is 3. The number of carbonyl (C=O) groups excluding carboxylic acids is 2. The maximum absolute atomic E-state index is 13.8. The number of ether oxygens (including phenoxy) is 2. The first-order chi connectivity index (χ1) is 14.7. The number of esters is 1. The fraction of sp³-hybridized carbons (Fsp3) is 0.545. The van der Waals surface area contributed by atoms with Gasteiger partial charge >= 0.3 is 12.1 Å². The molecule has 1 aliphatic rings. The molecule has 0 aromatic carbocycles. The summed E-state index contributed by atoms with van der Waals surface area (Å²) in [5.41, 5.74) is 0. The molecule has 0 spiro atoms. The van der Waals surface area contributed by atoms with Crippen LogP contribution >= 0.6 is 27.3 Å². The van der Waals surface area contributed by atoms with E-state index in [0.29, 0.717) is 30.7 Å². The average Bonchev–Trinajstić information content (AvgIpc) is 3.17. The number of hydrogen-bond donors (Lipinski definition) is 0. The molecule has 9 heteroatoms. The monoisotopic (exact) mass is 519 g/mol. The first-order valence-electron chi connectivity index (χ1n) is 10.2. The maximum atomic E-state index is 13.8. The average molecular weight is 520 g/mol. The number of nitrogens with zero attached hydrogens (tertiary/aromatic N) is 1. The molecule has 1 saturated heterocycles. The number of amides is 1. The van der Waals surface area contributed by atoms with E-state index < -0.39 is 12.0 Å². The zero-order chi connectivity index (χ0) is 22.9. The lowest BCUT2D eigenvalue weighted by Crippen LogP contribution is -2.45. The number of thiophene rings is 1. The van der Waals surface area contributed by atoms with Gasteiger partial charge in [0.2, 0.25) is 0 Å². The van der Waals surface area contributed by atoms with Gasteiger partial charge in [0.05, 0.1) is 18.8 Å². The lowest BCUT2D eigenvalue weighted by Gasteiger charge is -2.33. The Kier molecular flexibility index (Phi) is 10.2. The molecule has 1 aromatic heterocycles. The summed E-state index contributed by atoms with van der Waals surface area (Å²) in [5, 5.41) is 0. The molecule has 2 heterocycles. The third-order valence-electron chi connectivity index (χ3n) is 4.58. The van der Waals surface area contributed by atoms with Gasteiger partial charge in [-0.05, 0) is 43.8 Å². The largest absolute Gasteiger partial charge is 0.459 e. The summed E-state index contributed by atoms with van der Waals surface area (Å²) >= 11 is 4.37. The molecule has 0 aliphatic carbocycles. The van der Waals surface area contributed by atoms with Gasteiger partial charge in [0.15, 0.2) is 0 Å². The van der Waals surface area contributed by atoms with E-state index in [1.807, 2.05) is 6.07 Å². The molecule has 172 valence electrons. The van der Waals surface area contributed by atoms with Crippen LogP contribution in [0.15, 0.2) is 35.3 Å². The molecule has 1 unspecified atom stereocenters. The predicted octanol–water partition coefficient (Wildman–Crippen LogP) is 6.34. The molecule has 1 aromatic rings. The summed E-state index contributed by atoms with van der Waals surface area (Å²) in [6.07, 6.45) is 5.11. The number of cyclic esters (lactones) is 1. The van der Waals surface area contributed by atoms with Crippen molar-refractivity contribution in [3.63, 3.8) is 0 Å². The number of carbonyl (C=O) groups is 2. The minimum atomic E-state index is -2.83. The molecule has 1 atom stereocenters. The Labute approximate surface area is 194 Å². The summed E-state index contributed by atoms with van der Waals surface area (Å²) in [6, 6.07) is 3.37. The maximum Gasteiger partial charge on any atom is 0.410 e. The Balaban J connectivity index is 1.88. The van der Waals surface area contributed by atoms with Crippen LogP contribution in [0, 0.1) is 0 Å². The van der Waals surface area contributed by atoms with Gasteiger partial charge in [-0.15, -0.1) is 11.3 Å². The third kappa shape index (κ3) is 8.73. The Morgan fingerprint density at radius 2 is 2.13 bits per heavy atom. The van der Waals surface area contributed by atoms with Crippen molar-refractivity contribution in [1.82, 2.24) is 4.90 Å². The molecule has 1 fully saturated rings. The van der Waals surface area contributed by atoms with E-state index in [9.17, 15) is 18.4 Å². The first kappa shape index (κ1) is 25.5. The Morgan fingerprint density at radius 3 is 2.84 bits per heavy atom. The van der Waals surface area contributed by atoms with Crippen LogP contribution < -0.4 is 0 Å². The van der Waals surface area contributed by atoms with Crippen LogP contribution in [0.25, 0.3) is 0 Å². The zero-order valence-corrected chi connectivity index (χ0v) is 20.1. The van der Waals surface area contributed by atoms with E-state index in [2.05, 4.69) is 15.9 Å². The van der Waals surface area contributed by atoms with Crippen molar-refractivity contribution in [3.05, 3.63) is 45.1 Å². The molecule has 0 radical (unpaired) electrons. The van der Waals surface area contributed by atoms with Crippen molar-refractivity contribution in [3.8, 4) is 0 Å². The van der Waals surface area contributed by atoms with Gasteiger partial charge in [-0.25, -0.2) is 18.4 Å². The van der Waals surface area contributed by atoms with Crippen LogP contribution in [0.1, 0.15) is 54.1 Å². The smallest absolute Gasteiger partial charge is 0.410 e. The highest BCUT2D eigenvalue weighted by molar-refractivity contribution is 9.11. The van der Waals surface area contributed by atoms with Gasteiger partial charge in [0.25, 0.3) is 5.92 Å². The van der Waals surface area contributed by atoms with Gasteiger partial charge in [-0.1, -0.05) is 34.2 Å². The molecular formula is C22H28BrF2NO4S. The van der Waals surface area contributed by atoms with Crippen LogP contribution in [0.2, 0.25) is 0 Å². The highest BCUT2D eigenvalue weighted by atomic mass is 79.9. The Morgan fingerprint density at radius 1 is 1.39 bits per heavy atom. The number of aryl methyl sites for hydroxylation is 1. The first-order valence-corrected chi connectivity index (χ1v) is 12.0. The third-order valence-corrected chi connectivity index (χ3v) is 6.08. The second kappa shape index (κ2) is 12.3. The number of allylic oxidation sites excluding steroid dienone is 2. The molecule has 31 heavy (non-hydrogen) atoms. The van der Waals surface area contributed by atoms with Crippen molar-refractivity contribution < 1.29 is 27.8 Å². The van der Waals surface area contributed by atoms with Crippen molar-refractivity contribution >= 4 is 39.3 Å². The molecule has 0 bridgehead atoms. The Bertz CT molecular complexity index is 794. The summed E-state index contributed by atoms with van der Waals surface area (Å²) < 4.78 is 37.9. The fourth-order valence-corrected chi connectivity index (χ4v) is 4.23. The van der Waals surface area contributed by atoms with E-state index >= 15 is 0 Å². The minimum absolute atomic E-state index is 0.172. The quantitative estimate of drug-likeness (QED) is 0.253. The second-order valence-corrected chi connectivity index (χ2v) is 9.24. The van der Waals surface area contributed by atoms with E-state index in [1.165, 1.54) is 28.5 Å². The predicted molar refractivity (Wildman–Crippen MR) is 121 cm³/mol. The molecule has 2 rings (SSSR count). The lowest BCUT2D eigenvalue weighted by molar-refractivity contribution is 0.00745. The van der Waals surface area contributed by atoms with E-state index in [0.717, 1.165) is 4.88 Å². The van der Waals surface area contributed by atoms with Gasteiger partial charge < -0.3 is 14.4 Å². The van der Waals surface area contributed by atoms with Crippen LogP contribution in [-0.4, -0.2) is 48.2 Å². The highest BCUT2D eigenvalue weighted by Crippen LogP contribution is 2.25. The van der Waals surface area contributed by atoms with Crippen molar-refractivity contribution in [2.75, 3.05) is 13.2 Å². The molecule has 0 saturated carbocycles. The van der Waals surface area contributed by atoms with Gasteiger partial charge in [-0.3, -0.25) is 0 Å². The van der Waals surface area contributed by atoms with Gasteiger partial charge in [0.1, 0.15) is 4.88 Å². The summed E-state index contributed by atoms with van der Waals surface area (Å²) in [6.45, 7) is 4.33. The van der Waals surface area contributed by atoms with Gasteiger partial charge in [0, 0.05) is 30.7 Å². The van der Waals surface area contributed by atoms with Gasteiger partial charge in [-0.2, -0.15) is 0 Å². The van der Waals surface area contributed by atoms with E-state index in [1.54, 1.807) is 30.9 Å². The number of rotatable bonds is 11. The van der Waals surface area contributed by atoms with Crippen LogP contribution in [0.3, 0.4) is 0 Å². The zero-order valence-electron chi connectivity index (χ0n) is 17.7. The summed E-state index contributed by atoms with van der Waals surface area (Å²) in [7, 11) is 0. The SMILES string of the molecule is CC(C)OC(=O)c1ccc(CCCN2C(=O)OCCC2/C=C/CC(F)(F)C/C=C/Br)s1. The normalized spacial score (nSPS) is 17.7. The van der Waals surface area contributed by atoms with Crippen LogP contribution in [0.5, 0.6) is 0 Å². The van der Waals surface area contributed by atoms with Crippen molar-refractivity contribution in [2.45, 2.75) is 64.0 Å². The standard InChI is InChI=1S/C22H28BrF2NO4S/c1-16(2)30-20(27)19-9-8-18(31-19)7-4-14-26-17(10-15-29-21(26)28)6-3-11-22(24,25)12-5-13-23/h3,5-6,8-9,13,16-17H,4,7,10-12,14-15H2,1-2H3/b6-3+,13-5+. The number of hydrogen-bond acceptors (Lipinski definition) is 5. The summed E-state index contributed by atoms with van der Waals surface area (Å²) in [4.78, 5) is 28.7. The topological polar surface area (TPSA) is 55.8 Å². The molecule has 5 nitrogen and oxygen atoms in total. The molecule has 1 amide bonds. The second-order valence-electron chi connectivity index (χ2n) is 7.54. The molecule has 1 aliphatic heterocycles. The Hall–Kier alpha value is -1.74. The van der Waals surface area contributed by atoms with Crippen LogP contribution in [-0.2, 0) is 15.9 Å². The fourth-order valence-electron chi connectivity index (χ4n) is 3.11. The van der Waals surface area contributed by atoms with E-state index in [4.69, 9.17) is 9.47 Å². The molecule has 0 N–H and O–H groups in total. The van der Waals surface area contributed by atoms with Crippen LogP contribution in [0.4, 0.5) is 13.6 Å².